The van der Waals surface area contributed by atoms with Gasteiger partial charge in [0.2, 0.25) is 0 Å². The fraction of sp³-hybridized carbons (Fsp3) is 0.154. The van der Waals surface area contributed by atoms with Crippen molar-refractivity contribution in [3.63, 3.8) is 0 Å². The van der Waals surface area contributed by atoms with E-state index in [-0.39, 0.29) is 5.69 Å². The fourth-order valence-electron chi connectivity index (χ4n) is 3.38. The lowest BCUT2D eigenvalue weighted by atomic mass is 10.2. The molecule has 0 aliphatic heterocycles. The van der Waals surface area contributed by atoms with E-state index in [1.807, 2.05) is 50.2 Å². The second-order valence-corrected chi connectivity index (χ2v) is 10.1. The van der Waals surface area contributed by atoms with Crippen molar-refractivity contribution in [3.8, 4) is 11.5 Å². The molecule has 0 spiro atoms. The van der Waals surface area contributed by atoms with Crippen LogP contribution in [0.4, 0.5) is 5.69 Å². The van der Waals surface area contributed by atoms with Gasteiger partial charge in [-0.05, 0) is 71.8 Å². The number of hydrogen-bond acceptors (Lipinski definition) is 7. The smallest absolute Gasteiger partial charge is 0.281 e. The van der Waals surface area contributed by atoms with Gasteiger partial charge < -0.3 is 9.47 Å². The van der Waals surface area contributed by atoms with E-state index in [1.54, 1.807) is 12.1 Å². The lowest BCUT2D eigenvalue weighted by Crippen LogP contribution is -2.16. The number of rotatable bonds is 9. The van der Waals surface area contributed by atoms with Crippen LogP contribution in [0, 0.1) is 20.6 Å². The summed E-state index contributed by atoms with van der Waals surface area (Å²) < 4.78 is 13.5. The van der Waals surface area contributed by atoms with Crippen LogP contribution in [0.25, 0.3) is 10.1 Å². The Labute approximate surface area is 225 Å². The number of nitrogens with one attached hydrogen (secondary N) is 1. The number of nitro groups is 1. The second kappa shape index (κ2) is 11.5. The number of benzene rings is 3. The van der Waals surface area contributed by atoms with Gasteiger partial charge in [0.25, 0.3) is 11.6 Å². The van der Waals surface area contributed by atoms with Crippen LogP contribution in [0.15, 0.2) is 65.8 Å². The van der Waals surface area contributed by atoms with Gasteiger partial charge in [0.05, 0.1) is 26.2 Å². The molecule has 1 N–H and O–H groups in total. The van der Waals surface area contributed by atoms with Crippen molar-refractivity contribution < 1.29 is 19.2 Å². The molecule has 0 atom stereocenters. The van der Waals surface area contributed by atoms with Crippen LogP contribution in [-0.4, -0.2) is 23.7 Å². The van der Waals surface area contributed by atoms with E-state index in [0.29, 0.717) is 35.0 Å². The Morgan fingerprint density at radius 1 is 1.14 bits per heavy atom. The van der Waals surface area contributed by atoms with Gasteiger partial charge in [-0.1, -0.05) is 29.8 Å². The van der Waals surface area contributed by atoms with E-state index in [9.17, 15) is 14.9 Å². The third-order valence-electron chi connectivity index (χ3n) is 5.15. The van der Waals surface area contributed by atoms with Gasteiger partial charge in [0.15, 0.2) is 11.5 Å². The molecular formula is C26H22IN3O5S. The largest absolute Gasteiger partial charge is 0.490 e. The fourth-order valence-corrected chi connectivity index (χ4v) is 5.10. The summed E-state index contributed by atoms with van der Waals surface area (Å²) in [5.74, 6) is 0.849. The van der Waals surface area contributed by atoms with Gasteiger partial charge in [0, 0.05) is 22.2 Å². The van der Waals surface area contributed by atoms with E-state index < -0.39 is 10.8 Å². The molecule has 1 amide bonds. The lowest BCUT2D eigenvalue weighted by Gasteiger charge is -2.15. The molecule has 0 saturated carbocycles. The van der Waals surface area contributed by atoms with Crippen LogP contribution in [0.1, 0.15) is 33.3 Å². The summed E-state index contributed by atoms with van der Waals surface area (Å²) in [7, 11) is 0. The van der Waals surface area contributed by atoms with Gasteiger partial charge in [-0.2, -0.15) is 5.10 Å². The van der Waals surface area contributed by atoms with Crippen LogP contribution < -0.4 is 14.9 Å². The Balaban J connectivity index is 1.46. The summed E-state index contributed by atoms with van der Waals surface area (Å²) in [6, 6.07) is 18.0. The van der Waals surface area contributed by atoms with Gasteiger partial charge >= 0.3 is 0 Å². The van der Waals surface area contributed by atoms with Crippen LogP contribution in [0.2, 0.25) is 0 Å². The number of ether oxygens (including phenoxy) is 2. The number of nitrogens with zero attached hydrogens (tertiary/aromatic N) is 2. The van der Waals surface area contributed by atoms with Gasteiger partial charge in [-0.25, -0.2) is 5.43 Å². The molecule has 4 rings (SSSR count). The molecule has 0 aliphatic rings. The summed E-state index contributed by atoms with van der Waals surface area (Å²) in [5, 5.41) is 15.7. The number of hydrazone groups is 1. The zero-order valence-corrected chi connectivity index (χ0v) is 22.5. The van der Waals surface area contributed by atoms with Gasteiger partial charge in [-0.3, -0.25) is 14.9 Å². The minimum atomic E-state index is -0.460. The molecule has 10 heteroatoms. The quantitative estimate of drug-likeness (QED) is 0.101. The molecule has 184 valence electrons. The van der Waals surface area contributed by atoms with Crippen molar-refractivity contribution in [2.75, 3.05) is 6.61 Å². The van der Waals surface area contributed by atoms with Crippen molar-refractivity contribution in [2.24, 2.45) is 5.10 Å². The average molecular weight is 615 g/mol. The number of amides is 1. The summed E-state index contributed by atoms with van der Waals surface area (Å²) >= 11 is 3.43. The predicted octanol–water partition coefficient (Wildman–Crippen LogP) is 6.46. The molecule has 0 aliphatic carbocycles. The topological polar surface area (TPSA) is 103 Å². The number of thiophene rings is 1. The van der Waals surface area contributed by atoms with Crippen LogP contribution in [0.5, 0.6) is 11.5 Å². The van der Waals surface area contributed by atoms with Gasteiger partial charge in [-0.15, -0.1) is 11.3 Å². The molecule has 1 heterocycles. The monoisotopic (exact) mass is 615 g/mol. The highest BCUT2D eigenvalue weighted by molar-refractivity contribution is 14.1. The van der Waals surface area contributed by atoms with E-state index >= 15 is 0 Å². The summed E-state index contributed by atoms with van der Waals surface area (Å²) in [4.78, 5) is 23.5. The predicted molar refractivity (Wildman–Crippen MR) is 149 cm³/mol. The van der Waals surface area contributed by atoms with Crippen molar-refractivity contribution in [1.82, 2.24) is 5.43 Å². The maximum Gasteiger partial charge on any atom is 0.281 e. The molecule has 0 unspecified atom stereocenters. The molecule has 1 aromatic heterocycles. The first-order valence-corrected chi connectivity index (χ1v) is 12.9. The first-order valence-electron chi connectivity index (χ1n) is 11.0. The minimum absolute atomic E-state index is 0.0173. The number of nitro benzene ring substituents is 1. The van der Waals surface area contributed by atoms with Crippen molar-refractivity contribution in [2.45, 2.75) is 20.5 Å². The average Bonchev–Trinajstić information content (AvgIpc) is 3.28. The zero-order chi connectivity index (χ0) is 25.7. The van der Waals surface area contributed by atoms with E-state index in [2.05, 4.69) is 33.1 Å². The number of non-ortho nitro benzene ring substituents is 1. The molecule has 0 radical (unpaired) electrons. The SMILES string of the molecule is CCOc1cc(/C=N\NC(=O)c2cc3cc([N+](=O)[O-])ccc3s2)cc(I)c1OCc1ccc(C)cc1. The third kappa shape index (κ3) is 6.18. The molecule has 0 bridgehead atoms. The highest BCUT2D eigenvalue weighted by Gasteiger charge is 2.14. The molecule has 3 aromatic carbocycles. The summed E-state index contributed by atoms with van der Waals surface area (Å²) in [5.41, 5.74) is 5.48. The Bertz CT molecular complexity index is 1450. The Morgan fingerprint density at radius 3 is 2.64 bits per heavy atom. The van der Waals surface area contributed by atoms with E-state index in [4.69, 9.17) is 9.47 Å². The molecular weight excluding hydrogens is 593 g/mol. The molecule has 36 heavy (non-hydrogen) atoms. The number of carbonyl (C=O) groups is 1. The van der Waals surface area contributed by atoms with Crippen LogP contribution in [-0.2, 0) is 6.61 Å². The normalized spacial score (nSPS) is 11.1. The standard InChI is InChI=1S/C26H22IN3O5S/c1-3-34-22-11-18(10-21(27)25(22)35-15-17-6-4-16(2)5-7-17)14-28-29-26(31)24-13-19-12-20(30(32)33)8-9-23(19)36-24/h4-14H,3,15H2,1-2H3,(H,29,31)/b28-14-. The molecule has 4 aromatic rings. The Hall–Kier alpha value is -3.51. The number of carbonyl (C=O) groups excluding carboxylic acids is 1. The second-order valence-electron chi connectivity index (χ2n) is 7.83. The van der Waals surface area contributed by atoms with Crippen LogP contribution >= 0.6 is 33.9 Å². The number of aryl methyl sites for hydroxylation is 1. The van der Waals surface area contributed by atoms with Crippen LogP contribution in [0.3, 0.4) is 0 Å². The molecule has 0 fully saturated rings. The van der Waals surface area contributed by atoms with Crippen molar-refractivity contribution in [1.29, 1.82) is 0 Å². The lowest BCUT2D eigenvalue weighted by molar-refractivity contribution is -0.384. The maximum absolute atomic E-state index is 12.6. The number of hydrogen-bond donors (Lipinski definition) is 1. The Kier molecular flexibility index (Phi) is 8.16. The first-order chi connectivity index (χ1) is 17.3. The number of fused-ring (bicyclic) bond motifs is 1. The highest BCUT2D eigenvalue weighted by Crippen LogP contribution is 2.34. The van der Waals surface area contributed by atoms with E-state index in [1.165, 1.54) is 35.2 Å². The third-order valence-corrected chi connectivity index (χ3v) is 7.07. The zero-order valence-electron chi connectivity index (χ0n) is 19.5. The summed E-state index contributed by atoms with van der Waals surface area (Å²) in [6.07, 6.45) is 1.53. The molecule has 8 nitrogen and oxygen atoms in total. The summed E-state index contributed by atoms with van der Waals surface area (Å²) in [6.45, 7) is 4.83. The Morgan fingerprint density at radius 2 is 1.92 bits per heavy atom. The maximum atomic E-state index is 12.6. The minimum Gasteiger partial charge on any atom is -0.490 e. The molecule has 0 saturated heterocycles. The van der Waals surface area contributed by atoms with Gasteiger partial charge in [0.1, 0.15) is 6.61 Å². The van der Waals surface area contributed by atoms with Crippen molar-refractivity contribution >= 4 is 61.8 Å². The highest BCUT2D eigenvalue weighted by atomic mass is 127. The first kappa shape index (κ1) is 25.6. The number of halogens is 1. The van der Waals surface area contributed by atoms with E-state index in [0.717, 1.165) is 19.4 Å². The van der Waals surface area contributed by atoms with Crippen molar-refractivity contribution in [3.05, 3.63) is 95.9 Å².